The average molecular weight is 226 g/mol. The van der Waals surface area contributed by atoms with Crippen LogP contribution in [0.15, 0.2) is 6.33 Å². The first-order valence-corrected chi connectivity index (χ1v) is 5.01. The summed E-state index contributed by atoms with van der Waals surface area (Å²) in [6.07, 6.45) is 1.42. The van der Waals surface area contributed by atoms with Crippen LogP contribution in [0.5, 0.6) is 0 Å². The highest BCUT2D eigenvalue weighted by Gasteiger charge is 2.13. The third-order valence-corrected chi connectivity index (χ3v) is 2.15. The number of hydrogen-bond donors (Lipinski definition) is 2. The van der Waals surface area contributed by atoms with E-state index in [9.17, 15) is 4.79 Å². The number of amides is 1. The van der Waals surface area contributed by atoms with Crippen molar-refractivity contribution in [1.29, 1.82) is 0 Å². The highest BCUT2D eigenvalue weighted by Crippen LogP contribution is 1.93. The van der Waals surface area contributed by atoms with Crippen molar-refractivity contribution >= 4 is 11.9 Å². The van der Waals surface area contributed by atoms with Crippen molar-refractivity contribution in [2.45, 2.75) is 6.54 Å². The average Bonchev–Trinajstić information content (AvgIpc) is 2.65. The summed E-state index contributed by atoms with van der Waals surface area (Å²) in [5, 5.41) is 5.65. The molecule has 1 aromatic heterocycles. The van der Waals surface area contributed by atoms with E-state index in [2.05, 4.69) is 15.5 Å². The van der Waals surface area contributed by atoms with Crippen LogP contribution in [-0.4, -0.2) is 52.0 Å². The molecule has 1 aromatic rings. The van der Waals surface area contributed by atoms with Crippen LogP contribution in [0.3, 0.4) is 0 Å². The molecule has 88 valence electrons. The summed E-state index contributed by atoms with van der Waals surface area (Å²) < 4.78 is 6.56. The van der Waals surface area contributed by atoms with Gasteiger partial charge in [-0.15, -0.1) is 5.10 Å². The predicted molar refractivity (Wildman–Crippen MR) is 55.0 cm³/mol. The summed E-state index contributed by atoms with van der Waals surface area (Å²) in [4.78, 5) is 15.3. The molecule has 0 aromatic carbocycles. The smallest absolute Gasteiger partial charge is 0.256 e. The van der Waals surface area contributed by atoms with Gasteiger partial charge in [-0.05, 0) is 0 Å². The van der Waals surface area contributed by atoms with Gasteiger partial charge in [0.15, 0.2) is 0 Å². The SMILES string of the molecule is Nc1ncn(CC(=O)NN2CCOCC2)n1. The molecule has 0 aliphatic carbocycles. The van der Waals surface area contributed by atoms with Crippen LogP contribution in [0.1, 0.15) is 0 Å². The zero-order valence-corrected chi connectivity index (χ0v) is 8.80. The first kappa shape index (κ1) is 10.8. The van der Waals surface area contributed by atoms with Crippen LogP contribution in [0.25, 0.3) is 0 Å². The van der Waals surface area contributed by atoms with Gasteiger partial charge >= 0.3 is 0 Å². The number of nitrogen functional groups attached to an aromatic ring is 1. The normalized spacial score (nSPS) is 17.2. The molecule has 1 saturated heterocycles. The second-order valence-corrected chi connectivity index (χ2v) is 3.43. The van der Waals surface area contributed by atoms with Crippen LogP contribution in [0, 0.1) is 0 Å². The first-order valence-electron chi connectivity index (χ1n) is 5.01. The van der Waals surface area contributed by atoms with E-state index in [1.54, 1.807) is 0 Å². The topological polar surface area (TPSA) is 98.3 Å². The minimum Gasteiger partial charge on any atom is -0.379 e. The molecule has 0 saturated carbocycles. The minimum absolute atomic E-state index is 0.113. The lowest BCUT2D eigenvalue weighted by atomic mass is 10.5. The Morgan fingerprint density at radius 3 is 2.94 bits per heavy atom. The molecular weight excluding hydrogens is 212 g/mol. The molecule has 2 heterocycles. The van der Waals surface area contributed by atoms with Gasteiger partial charge in [-0.3, -0.25) is 10.2 Å². The number of rotatable bonds is 3. The maximum absolute atomic E-state index is 11.6. The van der Waals surface area contributed by atoms with Crippen molar-refractivity contribution in [1.82, 2.24) is 25.2 Å². The van der Waals surface area contributed by atoms with Gasteiger partial charge in [-0.1, -0.05) is 0 Å². The van der Waals surface area contributed by atoms with Gasteiger partial charge in [-0.2, -0.15) is 0 Å². The Balaban J connectivity index is 1.79. The third kappa shape index (κ3) is 2.91. The summed E-state index contributed by atoms with van der Waals surface area (Å²) in [5.74, 6) is 0.0194. The number of carbonyl (C=O) groups excluding carboxylic acids is 1. The van der Waals surface area contributed by atoms with Gasteiger partial charge in [0, 0.05) is 13.1 Å². The van der Waals surface area contributed by atoms with E-state index in [-0.39, 0.29) is 18.4 Å². The van der Waals surface area contributed by atoms with Gasteiger partial charge in [0.05, 0.1) is 13.2 Å². The highest BCUT2D eigenvalue weighted by atomic mass is 16.5. The van der Waals surface area contributed by atoms with Crippen LogP contribution in [0.4, 0.5) is 5.95 Å². The molecule has 1 aliphatic heterocycles. The van der Waals surface area contributed by atoms with E-state index in [1.807, 2.05) is 5.01 Å². The minimum atomic E-state index is -0.146. The number of hydrazine groups is 1. The maximum atomic E-state index is 11.6. The molecule has 0 bridgehead atoms. The summed E-state index contributed by atoms with van der Waals surface area (Å²) in [7, 11) is 0. The fraction of sp³-hybridized carbons (Fsp3) is 0.625. The predicted octanol–water partition coefficient (Wildman–Crippen LogP) is -1.78. The molecule has 0 radical (unpaired) electrons. The lowest BCUT2D eigenvalue weighted by Gasteiger charge is -2.26. The number of carbonyl (C=O) groups is 1. The fourth-order valence-corrected chi connectivity index (χ4v) is 1.42. The number of aromatic nitrogens is 3. The zero-order chi connectivity index (χ0) is 11.4. The van der Waals surface area contributed by atoms with Gasteiger partial charge in [0.25, 0.3) is 5.91 Å². The van der Waals surface area contributed by atoms with Gasteiger partial charge in [0.2, 0.25) is 5.95 Å². The van der Waals surface area contributed by atoms with E-state index in [4.69, 9.17) is 10.5 Å². The zero-order valence-electron chi connectivity index (χ0n) is 8.80. The lowest BCUT2D eigenvalue weighted by molar-refractivity contribution is -0.128. The molecule has 0 atom stereocenters. The van der Waals surface area contributed by atoms with E-state index in [0.717, 1.165) is 0 Å². The second kappa shape index (κ2) is 4.90. The number of morpholine rings is 1. The molecule has 8 heteroatoms. The van der Waals surface area contributed by atoms with E-state index in [1.165, 1.54) is 11.0 Å². The number of anilines is 1. The second-order valence-electron chi connectivity index (χ2n) is 3.43. The van der Waals surface area contributed by atoms with Crippen molar-refractivity contribution in [3.05, 3.63) is 6.33 Å². The van der Waals surface area contributed by atoms with Crippen molar-refractivity contribution in [2.75, 3.05) is 32.0 Å². The molecule has 1 amide bonds. The summed E-state index contributed by atoms with van der Waals surface area (Å²) in [5.41, 5.74) is 8.10. The maximum Gasteiger partial charge on any atom is 0.256 e. The summed E-state index contributed by atoms with van der Waals surface area (Å²) in [6.45, 7) is 2.78. The standard InChI is InChI=1S/C8H14N6O2/c9-8-10-6-14(12-8)5-7(15)11-13-1-3-16-4-2-13/h6H,1-5H2,(H2,9,12)(H,11,15). The van der Waals surface area contributed by atoms with Crippen LogP contribution in [0.2, 0.25) is 0 Å². The Labute approximate surface area is 92.3 Å². The quantitative estimate of drug-likeness (QED) is 0.632. The number of nitrogens with two attached hydrogens (primary N) is 1. The monoisotopic (exact) mass is 226 g/mol. The van der Waals surface area contributed by atoms with Crippen molar-refractivity contribution in [2.24, 2.45) is 0 Å². The summed E-state index contributed by atoms with van der Waals surface area (Å²) >= 11 is 0. The number of hydrogen-bond acceptors (Lipinski definition) is 6. The van der Waals surface area contributed by atoms with Gasteiger partial charge < -0.3 is 10.5 Å². The molecule has 8 nitrogen and oxygen atoms in total. The molecule has 3 N–H and O–H groups in total. The van der Waals surface area contributed by atoms with Crippen LogP contribution >= 0.6 is 0 Å². The summed E-state index contributed by atoms with van der Waals surface area (Å²) in [6, 6.07) is 0. The van der Waals surface area contributed by atoms with E-state index >= 15 is 0 Å². The Hall–Kier alpha value is -1.67. The van der Waals surface area contributed by atoms with Crippen LogP contribution < -0.4 is 11.2 Å². The van der Waals surface area contributed by atoms with Gasteiger partial charge in [0.1, 0.15) is 12.9 Å². The van der Waals surface area contributed by atoms with Crippen LogP contribution in [-0.2, 0) is 16.1 Å². The largest absolute Gasteiger partial charge is 0.379 e. The van der Waals surface area contributed by atoms with Crippen molar-refractivity contribution in [3.63, 3.8) is 0 Å². The molecule has 1 aliphatic rings. The molecule has 0 spiro atoms. The molecule has 2 rings (SSSR count). The van der Waals surface area contributed by atoms with Crippen molar-refractivity contribution in [3.8, 4) is 0 Å². The highest BCUT2D eigenvalue weighted by molar-refractivity contribution is 5.75. The molecule has 1 fully saturated rings. The molecule has 16 heavy (non-hydrogen) atoms. The molecule has 0 unspecified atom stereocenters. The van der Waals surface area contributed by atoms with Gasteiger partial charge in [-0.25, -0.2) is 14.7 Å². The Morgan fingerprint density at radius 2 is 2.31 bits per heavy atom. The number of nitrogens with zero attached hydrogens (tertiary/aromatic N) is 4. The van der Waals surface area contributed by atoms with E-state index < -0.39 is 0 Å². The molecular formula is C8H14N6O2. The third-order valence-electron chi connectivity index (χ3n) is 2.15. The first-order chi connectivity index (χ1) is 7.74. The Bertz CT molecular complexity index is 359. The fourth-order valence-electron chi connectivity index (χ4n) is 1.42. The number of nitrogens with one attached hydrogen (secondary N) is 1. The van der Waals surface area contributed by atoms with Crippen molar-refractivity contribution < 1.29 is 9.53 Å². The number of ether oxygens (including phenoxy) is 1. The van der Waals surface area contributed by atoms with E-state index in [0.29, 0.717) is 26.3 Å². The lowest BCUT2D eigenvalue weighted by Crippen LogP contribution is -2.49. The Morgan fingerprint density at radius 1 is 1.56 bits per heavy atom. The Kier molecular flexibility index (Phi) is 3.32.